The molecule has 0 aliphatic carbocycles. The third kappa shape index (κ3) is 1.84. The van der Waals surface area contributed by atoms with Crippen LogP contribution in [0.15, 0.2) is 6.20 Å². The van der Waals surface area contributed by atoms with Crippen molar-refractivity contribution in [3.63, 3.8) is 0 Å². The first kappa shape index (κ1) is 8.59. The maximum Gasteiger partial charge on any atom is 0.128 e. The van der Waals surface area contributed by atoms with Gasteiger partial charge in [-0.15, -0.1) is 0 Å². The Kier molecular flexibility index (Phi) is 2.52. The fourth-order valence-corrected chi connectivity index (χ4v) is 1.34. The molecule has 0 atom stereocenters. The van der Waals surface area contributed by atoms with E-state index in [-0.39, 0.29) is 6.61 Å². The second-order valence-electron chi connectivity index (χ2n) is 3.08. The molecule has 1 N–H and O–H groups in total. The SMILES string of the molecule is OCCCc1ncc2c(n1)COC2. The molecule has 4 heteroatoms. The average Bonchev–Trinajstić information content (AvgIpc) is 2.61. The summed E-state index contributed by atoms with van der Waals surface area (Å²) in [6, 6.07) is 0. The number of ether oxygens (including phenoxy) is 1. The van der Waals surface area contributed by atoms with E-state index in [1.54, 1.807) is 0 Å². The summed E-state index contributed by atoms with van der Waals surface area (Å²) in [5.74, 6) is 0.804. The van der Waals surface area contributed by atoms with Crippen molar-refractivity contribution in [1.82, 2.24) is 9.97 Å². The summed E-state index contributed by atoms with van der Waals surface area (Å²) in [4.78, 5) is 8.53. The lowest BCUT2D eigenvalue weighted by molar-refractivity contribution is 0.133. The van der Waals surface area contributed by atoms with E-state index < -0.39 is 0 Å². The number of nitrogens with zero attached hydrogens (tertiary/aromatic N) is 2. The molecule has 4 nitrogen and oxygen atoms in total. The van der Waals surface area contributed by atoms with Crippen LogP contribution < -0.4 is 0 Å². The van der Waals surface area contributed by atoms with E-state index in [9.17, 15) is 0 Å². The number of fused-ring (bicyclic) bond motifs is 1. The van der Waals surface area contributed by atoms with E-state index in [0.29, 0.717) is 13.2 Å². The third-order valence-electron chi connectivity index (χ3n) is 2.06. The Morgan fingerprint density at radius 2 is 2.38 bits per heavy atom. The fourth-order valence-electron chi connectivity index (χ4n) is 1.34. The maximum atomic E-state index is 8.64. The fraction of sp³-hybridized carbons (Fsp3) is 0.556. The van der Waals surface area contributed by atoms with E-state index in [1.165, 1.54) is 0 Å². The Morgan fingerprint density at radius 3 is 3.23 bits per heavy atom. The number of hydrogen-bond donors (Lipinski definition) is 1. The van der Waals surface area contributed by atoms with Gasteiger partial charge in [0.1, 0.15) is 5.82 Å². The number of aryl methyl sites for hydroxylation is 1. The number of aliphatic hydroxyl groups is 1. The molecule has 1 aromatic heterocycles. The summed E-state index contributed by atoms with van der Waals surface area (Å²) >= 11 is 0. The van der Waals surface area contributed by atoms with Crippen molar-refractivity contribution in [3.05, 3.63) is 23.3 Å². The van der Waals surface area contributed by atoms with E-state index >= 15 is 0 Å². The number of aliphatic hydroxyl groups excluding tert-OH is 1. The summed E-state index contributed by atoms with van der Waals surface area (Å²) in [5.41, 5.74) is 2.09. The van der Waals surface area contributed by atoms with E-state index in [4.69, 9.17) is 9.84 Å². The van der Waals surface area contributed by atoms with Crippen molar-refractivity contribution >= 4 is 0 Å². The third-order valence-corrected chi connectivity index (χ3v) is 2.06. The highest BCUT2D eigenvalue weighted by molar-refractivity contribution is 5.18. The van der Waals surface area contributed by atoms with Gasteiger partial charge in [-0.2, -0.15) is 0 Å². The van der Waals surface area contributed by atoms with Crippen LogP contribution in [0.1, 0.15) is 23.5 Å². The highest BCUT2D eigenvalue weighted by atomic mass is 16.5. The summed E-state index contributed by atoms with van der Waals surface area (Å²) in [6.45, 7) is 1.43. The van der Waals surface area contributed by atoms with Crippen molar-refractivity contribution in [2.45, 2.75) is 26.1 Å². The standard InChI is InChI=1S/C9H12N2O2/c12-3-1-2-9-10-4-7-5-13-6-8(7)11-9/h4,12H,1-3,5-6H2. The van der Waals surface area contributed by atoms with Crippen molar-refractivity contribution in [2.75, 3.05) is 6.61 Å². The summed E-state index contributed by atoms with van der Waals surface area (Å²) in [7, 11) is 0. The molecule has 2 rings (SSSR count). The minimum atomic E-state index is 0.191. The normalized spacial score (nSPS) is 14.5. The lowest BCUT2D eigenvalue weighted by Gasteiger charge is -1.99. The van der Waals surface area contributed by atoms with Gasteiger partial charge in [0.15, 0.2) is 0 Å². The van der Waals surface area contributed by atoms with Gasteiger partial charge in [-0.3, -0.25) is 0 Å². The van der Waals surface area contributed by atoms with Gasteiger partial charge in [0.05, 0.1) is 18.9 Å². The van der Waals surface area contributed by atoms with E-state index in [0.717, 1.165) is 29.9 Å². The lowest BCUT2D eigenvalue weighted by atomic mass is 10.2. The minimum Gasteiger partial charge on any atom is -0.396 e. The first-order valence-corrected chi connectivity index (χ1v) is 4.42. The number of aromatic nitrogens is 2. The molecule has 0 spiro atoms. The zero-order valence-electron chi connectivity index (χ0n) is 7.36. The summed E-state index contributed by atoms with van der Waals surface area (Å²) < 4.78 is 5.22. The smallest absolute Gasteiger partial charge is 0.128 e. The predicted octanol–water partition coefficient (Wildman–Crippen LogP) is 0.432. The zero-order chi connectivity index (χ0) is 9.10. The first-order chi connectivity index (χ1) is 6.40. The number of hydrogen-bond acceptors (Lipinski definition) is 4. The van der Waals surface area contributed by atoms with Crippen LogP contribution in [0, 0.1) is 0 Å². The molecule has 0 amide bonds. The van der Waals surface area contributed by atoms with Crippen LogP contribution in [0.4, 0.5) is 0 Å². The molecule has 1 aliphatic heterocycles. The molecule has 13 heavy (non-hydrogen) atoms. The average molecular weight is 180 g/mol. The molecule has 1 aromatic rings. The second kappa shape index (κ2) is 3.81. The Morgan fingerprint density at radius 1 is 1.46 bits per heavy atom. The Hall–Kier alpha value is -1.00. The molecule has 0 unspecified atom stereocenters. The molecular weight excluding hydrogens is 168 g/mol. The molecule has 0 aromatic carbocycles. The molecular formula is C9H12N2O2. The van der Waals surface area contributed by atoms with Crippen molar-refractivity contribution in [3.8, 4) is 0 Å². The topological polar surface area (TPSA) is 55.2 Å². The van der Waals surface area contributed by atoms with E-state index in [1.807, 2.05) is 6.20 Å². The van der Waals surface area contributed by atoms with Gasteiger partial charge in [-0.25, -0.2) is 9.97 Å². The second-order valence-corrected chi connectivity index (χ2v) is 3.08. The van der Waals surface area contributed by atoms with Gasteiger partial charge in [0.25, 0.3) is 0 Å². The highest BCUT2D eigenvalue weighted by Gasteiger charge is 2.13. The molecule has 70 valence electrons. The van der Waals surface area contributed by atoms with Gasteiger partial charge in [0, 0.05) is 24.8 Å². The Balaban J connectivity index is 2.12. The van der Waals surface area contributed by atoms with Gasteiger partial charge in [0.2, 0.25) is 0 Å². The lowest BCUT2D eigenvalue weighted by Crippen LogP contribution is -2.00. The van der Waals surface area contributed by atoms with Crippen LogP contribution in [0.3, 0.4) is 0 Å². The van der Waals surface area contributed by atoms with Gasteiger partial charge in [-0.05, 0) is 6.42 Å². The maximum absolute atomic E-state index is 8.64. The van der Waals surface area contributed by atoms with Crippen LogP contribution in [-0.2, 0) is 24.4 Å². The number of rotatable bonds is 3. The predicted molar refractivity (Wildman–Crippen MR) is 45.9 cm³/mol. The zero-order valence-corrected chi connectivity index (χ0v) is 7.36. The highest BCUT2D eigenvalue weighted by Crippen LogP contribution is 2.16. The van der Waals surface area contributed by atoms with Crippen molar-refractivity contribution in [1.29, 1.82) is 0 Å². The molecule has 0 bridgehead atoms. The molecule has 1 aliphatic rings. The van der Waals surface area contributed by atoms with Crippen LogP contribution >= 0.6 is 0 Å². The summed E-state index contributed by atoms with van der Waals surface area (Å²) in [6.07, 6.45) is 3.28. The largest absolute Gasteiger partial charge is 0.396 e. The van der Waals surface area contributed by atoms with E-state index in [2.05, 4.69) is 9.97 Å². The minimum absolute atomic E-state index is 0.191. The van der Waals surface area contributed by atoms with Gasteiger partial charge < -0.3 is 9.84 Å². The Bertz CT molecular complexity index is 302. The van der Waals surface area contributed by atoms with Crippen LogP contribution in [0.5, 0.6) is 0 Å². The molecule has 0 radical (unpaired) electrons. The van der Waals surface area contributed by atoms with Crippen molar-refractivity contribution in [2.24, 2.45) is 0 Å². The van der Waals surface area contributed by atoms with Crippen LogP contribution in [0.2, 0.25) is 0 Å². The quantitative estimate of drug-likeness (QED) is 0.733. The molecule has 0 saturated carbocycles. The molecule has 2 heterocycles. The summed E-state index contributed by atoms with van der Waals surface area (Å²) in [5, 5.41) is 8.64. The molecule has 0 saturated heterocycles. The van der Waals surface area contributed by atoms with Crippen molar-refractivity contribution < 1.29 is 9.84 Å². The van der Waals surface area contributed by atoms with Crippen LogP contribution in [0.25, 0.3) is 0 Å². The van der Waals surface area contributed by atoms with Gasteiger partial charge in [-0.1, -0.05) is 0 Å². The van der Waals surface area contributed by atoms with Crippen LogP contribution in [-0.4, -0.2) is 21.7 Å². The Labute approximate surface area is 76.6 Å². The first-order valence-electron chi connectivity index (χ1n) is 4.42. The van der Waals surface area contributed by atoms with Gasteiger partial charge >= 0.3 is 0 Å². The molecule has 0 fully saturated rings. The monoisotopic (exact) mass is 180 g/mol.